The molecule has 19 heavy (non-hydrogen) atoms. The van der Waals surface area contributed by atoms with Gasteiger partial charge in [-0.15, -0.1) is 0 Å². The fourth-order valence-electron chi connectivity index (χ4n) is 2.30. The Kier molecular flexibility index (Phi) is 4.26. The first kappa shape index (κ1) is 14.5. The molecule has 1 heterocycles. The molecule has 1 aliphatic heterocycles. The molecule has 1 aromatic carbocycles. The largest absolute Gasteiger partial charge is 0.375 e. The first-order chi connectivity index (χ1) is 8.89. The average Bonchev–Trinajstić information content (AvgIpc) is 2.31. The van der Waals surface area contributed by atoms with Crippen molar-refractivity contribution >= 4 is 21.8 Å². The highest BCUT2D eigenvalue weighted by Gasteiger charge is 2.30. The SMILES string of the molecule is CC1(C)CC(NC(=O)c2cccc(F)c2Br)CCO1. The number of hydrogen-bond donors (Lipinski definition) is 1. The molecule has 1 N–H and O–H groups in total. The average molecular weight is 330 g/mol. The van der Waals surface area contributed by atoms with Crippen LogP contribution in [0.2, 0.25) is 0 Å². The maximum absolute atomic E-state index is 13.4. The van der Waals surface area contributed by atoms with Crippen LogP contribution in [0.4, 0.5) is 4.39 Å². The van der Waals surface area contributed by atoms with Crippen molar-refractivity contribution in [3.8, 4) is 0 Å². The highest BCUT2D eigenvalue weighted by Crippen LogP contribution is 2.25. The van der Waals surface area contributed by atoms with Crippen molar-refractivity contribution in [3.05, 3.63) is 34.1 Å². The second-order valence-corrected chi connectivity index (χ2v) is 6.17. The maximum atomic E-state index is 13.4. The van der Waals surface area contributed by atoms with Gasteiger partial charge < -0.3 is 10.1 Å². The first-order valence-corrected chi connectivity index (χ1v) is 7.07. The summed E-state index contributed by atoms with van der Waals surface area (Å²) in [7, 11) is 0. The normalized spacial score (nSPS) is 22.0. The molecule has 1 aliphatic rings. The van der Waals surface area contributed by atoms with E-state index in [2.05, 4.69) is 21.2 Å². The van der Waals surface area contributed by atoms with E-state index in [1.807, 2.05) is 13.8 Å². The van der Waals surface area contributed by atoms with Crippen LogP contribution in [0, 0.1) is 5.82 Å². The zero-order valence-corrected chi connectivity index (χ0v) is 12.6. The van der Waals surface area contributed by atoms with Crippen molar-refractivity contribution in [1.29, 1.82) is 0 Å². The van der Waals surface area contributed by atoms with E-state index in [1.54, 1.807) is 6.07 Å². The summed E-state index contributed by atoms with van der Waals surface area (Å²) in [6, 6.07) is 4.51. The third-order valence-corrected chi connectivity index (χ3v) is 4.03. The summed E-state index contributed by atoms with van der Waals surface area (Å²) in [5.41, 5.74) is 0.0966. The van der Waals surface area contributed by atoms with Crippen molar-refractivity contribution in [3.63, 3.8) is 0 Å². The molecule has 1 aromatic rings. The van der Waals surface area contributed by atoms with Crippen LogP contribution in [0.15, 0.2) is 22.7 Å². The second-order valence-electron chi connectivity index (χ2n) is 5.37. The molecule has 0 aromatic heterocycles. The van der Waals surface area contributed by atoms with Gasteiger partial charge in [-0.1, -0.05) is 6.07 Å². The van der Waals surface area contributed by atoms with E-state index >= 15 is 0 Å². The summed E-state index contributed by atoms with van der Waals surface area (Å²) < 4.78 is 19.2. The van der Waals surface area contributed by atoms with E-state index < -0.39 is 5.82 Å². The summed E-state index contributed by atoms with van der Waals surface area (Å²) in [6.07, 6.45) is 1.54. The van der Waals surface area contributed by atoms with Gasteiger partial charge in [0.1, 0.15) is 5.82 Å². The summed E-state index contributed by atoms with van der Waals surface area (Å²) in [4.78, 5) is 12.1. The monoisotopic (exact) mass is 329 g/mol. The van der Waals surface area contributed by atoms with Crippen molar-refractivity contribution in [1.82, 2.24) is 5.32 Å². The molecule has 0 radical (unpaired) electrons. The fourth-order valence-corrected chi connectivity index (χ4v) is 2.74. The Hall–Kier alpha value is -0.940. The lowest BCUT2D eigenvalue weighted by molar-refractivity contribution is -0.0615. The Labute approximate surface area is 120 Å². The Morgan fingerprint density at radius 2 is 2.26 bits per heavy atom. The minimum atomic E-state index is -0.431. The van der Waals surface area contributed by atoms with E-state index in [0.29, 0.717) is 12.2 Å². The van der Waals surface area contributed by atoms with E-state index in [0.717, 1.165) is 12.8 Å². The van der Waals surface area contributed by atoms with Crippen LogP contribution in [0.1, 0.15) is 37.0 Å². The molecule has 1 amide bonds. The van der Waals surface area contributed by atoms with Crippen LogP contribution in [0.3, 0.4) is 0 Å². The van der Waals surface area contributed by atoms with Gasteiger partial charge in [0, 0.05) is 12.6 Å². The van der Waals surface area contributed by atoms with Crippen LogP contribution < -0.4 is 5.32 Å². The molecule has 1 atom stereocenters. The lowest BCUT2D eigenvalue weighted by Gasteiger charge is -2.35. The van der Waals surface area contributed by atoms with Gasteiger partial charge in [-0.05, 0) is 54.8 Å². The first-order valence-electron chi connectivity index (χ1n) is 6.28. The third-order valence-electron chi connectivity index (χ3n) is 3.23. The van der Waals surface area contributed by atoms with Gasteiger partial charge in [0.15, 0.2) is 0 Å². The number of carbonyl (C=O) groups is 1. The van der Waals surface area contributed by atoms with Crippen molar-refractivity contribution in [2.24, 2.45) is 0 Å². The molecule has 1 fully saturated rings. The lowest BCUT2D eigenvalue weighted by atomic mass is 9.94. The van der Waals surface area contributed by atoms with Gasteiger partial charge in [-0.2, -0.15) is 0 Å². The highest BCUT2D eigenvalue weighted by atomic mass is 79.9. The number of ether oxygens (including phenoxy) is 1. The molecular formula is C14H17BrFNO2. The van der Waals surface area contributed by atoms with Crippen molar-refractivity contribution < 1.29 is 13.9 Å². The van der Waals surface area contributed by atoms with Crippen LogP contribution in [-0.4, -0.2) is 24.2 Å². The van der Waals surface area contributed by atoms with Crippen LogP contribution in [-0.2, 0) is 4.74 Å². The predicted octanol–water partition coefficient (Wildman–Crippen LogP) is 3.28. The third kappa shape index (κ3) is 3.54. The smallest absolute Gasteiger partial charge is 0.252 e. The lowest BCUT2D eigenvalue weighted by Crippen LogP contribution is -2.45. The quantitative estimate of drug-likeness (QED) is 0.904. The molecule has 5 heteroatoms. The number of rotatable bonds is 2. The Balaban J connectivity index is 2.07. The summed E-state index contributed by atoms with van der Waals surface area (Å²) in [5.74, 6) is -0.686. The summed E-state index contributed by atoms with van der Waals surface area (Å²) in [5, 5.41) is 2.94. The molecule has 0 bridgehead atoms. The molecule has 3 nitrogen and oxygen atoms in total. The molecule has 0 spiro atoms. The molecule has 1 unspecified atom stereocenters. The molecule has 0 saturated carbocycles. The number of hydrogen-bond acceptors (Lipinski definition) is 2. The number of carbonyl (C=O) groups excluding carboxylic acids is 1. The Morgan fingerprint density at radius 3 is 2.95 bits per heavy atom. The standard InChI is InChI=1S/C14H17BrFNO2/c1-14(2)8-9(6-7-19-14)17-13(18)10-4-3-5-11(16)12(10)15/h3-5,9H,6-8H2,1-2H3,(H,17,18). The number of benzene rings is 1. The predicted molar refractivity (Wildman–Crippen MR) is 74.6 cm³/mol. The molecule has 104 valence electrons. The summed E-state index contributed by atoms with van der Waals surface area (Å²) >= 11 is 3.11. The molecule has 0 aliphatic carbocycles. The Bertz CT molecular complexity index is 490. The summed E-state index contributed by atoms with van der Waals surface area (Å²) in [6.45, 7) is 4.63. The topological polar surface area (TPSA) is 38.3 Å². The minimum Gasteiger partial charge on any atom is -0.375 e. The van der Waals surface area contributed by atoms with Crippen molar-refractivity contribution in [2.45, 2.75) is 38.3 Å². The van der Waals surface area contributed by atoms with Gasteiger partial charge in [-0.3, -0.25) is 4.79 Å². The minimum absolute atomic E-state index is 0.0615. The van der Waals surface area contributed by atoms with Gasteiger partial charge in [-0.25, -0.2) is 4.39 Å². The number of halogens is 2. The van der Waals surface area contributed by atoms with E-state index in [9.17, 15) is 9.18 Å². The zero-order chi connectivity index (χ0) is 14.0. The maximum Gasteiger partial charge on any atom is 0.252 e. The van der Waals surface area contributed by atoms with Gasteiger partial charge in [0.05, 0.1) is 15.6 Å². The van der Waals surface area contributed by atoms with Gasteiger partial charge in [0.2, 0.25) is 0 Å². The van der Waals surface area contributed by atoms with Crippen LogP contribution in [0.5, 0.6) is 0 Å². The molecule has 2 rings (SSSR count). The van der Waals surface area contributed by atoms with E-state index in [-0.39, 0.29) is 22.0 Å². The molecule has 1 saturated heterocycles. The van der Waals surface area contributed by atoms with Crippen LogP contribution in [0.25, 0.3) is 0 Å². The van der Waals surface area contributed by atoms with Gasteiger partial charge >= 0.3 is 0 Å². The molecular weight excluding hydrogens is 313 g/mol. The van der Waals surface area contributed by atoms with Crippen LogP contribution >= 0.6 is 15.9 Å². The number of nitrogens with one attached hydrogen (secondary N) is 1. The Morgan fingerprint density at radius 1 is 1.53 bits per heavy atom. The number of amides is 1. The van der Waals surface area contributed by atoms with Gasteiger partial charge in [0.25, 0.3) is 5.91 Å². The van der Waals surface area contributed by atoms with E-state index in [1.165, 1.54) is 12.1 Å². The van der Waals surface area contributed by atoms with E-state index in [4.69, 9.17) is 4.74 Å². The van der Waals surface area contributed by atoms with Crippen molar-refractivity contribution in [2.75, 3.05) is 6.61 Å². The fraction of sp³-hybridized carbons (Fsp3) is 0.500. The highest BCUT2D eigenvalue weighted by molar-refractivity contribution is 9.10. The second kappa shape index (κ2) is 5.59. The zero-order valence-electron chi connectivity index (χ0n) is 11.0.